The predicted octanol–water partition coefficient (Wildman–Crippen LogP) is 4.30. The molecule has 134 valence electrons. The maximum Gasteiger partial charge on any atom is 0.161 e. The maximum absolute atomic E-state index is 12.8. The van der Waals surface area contributed by atoms with Crippen molar-refractivity contribution in [1.29, 1.82) is 0 Å². The van der Waals surface area contributed by atoms with Crippen LogP contribution in [0.4, 0.5) is 0 Å². The molecule has 0 spiro atoms. The second kappa shape index (κ2) is 7.07. The number of carbonyl (C=O) groups excluding carboxylic acids is 1. The van der Waals surface area contributed by atoms with Gasteiger partial charge < -0.3 is 0 Å². The van der Waals surface area contributed by atoms with Crippen molar-refractivity contribution in [3.8, 4) is 0 Å². The van der Waals surface area contributed by atoms with E-state index in [-0.39, 0.29) is 18.0 Å². The Morgan fingerprint density at radius 2 is 2.08 bits per heavy atom. The molecule has 0 heterocycles. The Bertz CT molecular complexity index is 518. The minimum atomic E-state index is 0.204. The first kappa shape index (κ1) is 17.8. The Labute approximate surface area is 145 Å². The zero-order valence-electron chi connectivity index (χ0n) is 15.2. The highest BCUT2D eigenvalue weighted by molar-refractivity contribution is 5.98. The molecule has 0 saturated heterocycles. The second-order valence-electron chi connectivity index (χ2n) is 8.61. The van der Waals surface area contributed by atoms with E-state index in [4.69, 9.17) is 0 Å². The van der Waals surface area contributed by atoms with Crippen LogP contribution >= 0.6 is 0 Å². The van der Waals surface area contributed by atoms with E-state index in [0.29, 0.717) is 29.5 Å². The largest absolute Gasteiger partial charge is 0.295 e. The molecule has 24 heavy (non-hydrogen) atoms. The molecular formula is C20H32N2O2. The number of hydrogen-bond donors (Lipinski definition) is 1. The lowest BCUT2D eigenvalue weighted by Crippen LogP contribution is -2.52. The summed E-state index contributed by atoms with van der Waals surface area (Å²) in [7, 11) is 0. The molecule has 3 rings (SSSR count). The number of fused-ring (bicyclic) bond motifs is 3. The summed E-state index contributed by atoms with van der Waals surface area (Å²) < 4.78 is 0. The van der Waals surface area contributed by atoms with E-state index < -0.39 is 0 Å². The summed E-state index contributed by atoms with van der Waals surface area (Å²) in [5.41, 5.74) is 1.13. The lowest BCUT2D eigenvalue weighted by Gasteiger charge is -2.55. The average Bonchev–Trinajstić information content (AvgIpc) is 2.58. The molecule has 0 aromatic heterocycles. The number of hydrogen-bond acceptors (Lipinski definition) is 4. The number of nitrogens with one attached hydrogen (secondary N) is 1. The molecule has 0 aromatic rings. The Morgan fingerprint density at radius 1 is 1.29 bits per heavy atom. The van der Waals surface area contributed by atoms with Gasteiger partial charge in [0.25, 0.3) is 0 Å². The highest BCUT2D eigenvalue weighted by Gasteiger charge is 2.52. The third-order valence-electron chi connectivity index (χ3n) is 7.45. The van der Waals surface area contributed by atoms with Crippen molar-refractivity contribution < 1.29 is 4.79 Å². The van der Waals surface area contributed by atoms with Crippen LogP contribution in [0.5, 0.6) is 0 Å². The van der Waals surface area contributed by atoms with Gasteiger partial charge in [0, 0.05) is 12.5 Å². The van der Waals surface area contributed by atoms with Crippen molar-refractivity contribution in [1.82, 2.24) is 5.32 Å². The van der Waals surface area contributed by atoms with Crippen LogP contribution in [0.1, 0.15) is 58.8 Å². The monoisotopic (exact) mass is 332 g/mol. The van der Waals surface area contributed by atoms with E-state index in [0.717, 1.165) is 37.8 Å². The number of allylic oxidation sites excluding steroid dienone is 1. The molecular weight excluding hydrogens is 300 g/mol. The first-order valence-electron chi connectivity index (χ1n) is 9.74. The average molecular weight is 332 g/mol. The topological polar surface area (TPSA) is 58.5 Å². The Balaban J connectivity index is 1.79. The number of ketones is 1. The molecule has 0 bridgehead atoms. The maximum atomic E-state index is 12.8. The van der Waals surface area contributed by atoms with Crippen molar-refractivity contribution in [3.63, 3.8) is 0 Å². The van der Waals surface area contributed by atoms with Gasteiger partial charge in [-0.2, -0.15) is 0 Å². The van der Waals surface area contributed by atoms with Crippen LogP contribution in [0, 0.1) is 39.9 Å². The van der Waals surface area contributed by atoms with Gasteiger partial charge >= 0.3 is 0 Å². The SMILES string of the molecule is C=C1C(=O)C2CCC3C(CCC[C@@]3(C)CNCN=O)C2C[C@@H]1CC. The van der Waals surface area contributed by atoms with Crippen molar-refractivity contribution >= 4 is 5.78 Å². The predicted molar refractivity (Wildman–Crippen MR) is 96.4 cm³/mol. The molecule has 6 atom stereocenters. The molecule has 3 aliphatic carbocycles. The van der Waals surface area contributed by atoms with Gasteiger partial charge in [-0.3, -0.25) is 10.1 Å². The van der Waals surface area contributed by atoms with Crippen LogP contribution in [-0.4, -0.2) is 19.0 Å². The Morgan fingerprint density at radius 3 is 2.79 bits per heavy atom. The molecule has 3 aliphatic rings. The summed E-state index contributed by atoms with van der Waals surface area (Å²) in [4.78, 5) is 23.2. The molecule has 0 radical (unpaired) electrons. The molecule has 0 amide bonds. The van der Waals surface area contributed by atoms with Gasteiger partial charge in [0.05, 0.1) is 0 Å². The normalized spacial score (nSPS) is 42.3. The van der Waals surface area contributed by atoms with Crippen molar-refractivity contribution in [3.05, 3.63) is 17.1 Å². The van der Waals surface area contributed by atoms with Crippen LogP contribution in [0.3, 0.4) is 0 Å². The molecule has 0 aromatic carbocycles. The summed E-state index contributed by atoms with van der Waals surface area (Å²) in [5, 5.41) is 6.17. The van der Waals surface area contributed by atoms with Gasteiger partial charge in [-0.25, -0.2) is 0 Å². The van der Waals surface area contributed by atoms with Crippen LogP contribution in [0.15, 0.2) is 17.3 Å². The minimum Gasteiger partial charge on any atom is -0.295 e. The number of nitroso groups, excluding NO2 is 1. The first-order valence-corrected chi connectivity index (χ1v) is 9.74. The molecule has 4 nitrogen and oxygen atoms in total. The number of rotatable bonds is 5. The van der Waals surface area contributed by atoms with Gasteiger partial charge in [0.1, 0.15) is 6.67 Å². The van der Waals surface area contributed by atoms with Crippen molar-refractivity contribution in [2.24, 2.45) is 40.2 Å². The highest BCUT2D eigenvalue weighted by Crippen LogP contribution is 2.57. The molecule has 4 unspecified atom stereocenters. The van der Waals surface area contributed by atoms with Crippen molar-refractivity contribution in [2.75, 3.05) is 13.2 Å². The van der Waals surface area contributed by atoms with Gasteiger partial charge in [0.15, 0.2) is 5.78 Å². The fourth-order valence-corrected chi connectivity index (χ4v) is 6.19. The van der Waals surface area contributed by atoms with E-state index in [1.807, 2.05) is 0 Å². The fraction of sp³-hybridized carbons (Fsp3) is 0.850. The third kappa shape index (κ3) is 2.98. The zero-order chi connectivity index (χ0) is 17.3. The number of carbonyl (C=O) groups is 1. The molecule has 1 N–H and O–H groups in total. The van der Waals surface area contributed by atoms with Gasteiger partial charge in [-0.05, 0) is 73.2 Å². The van der Waals surface area contributed by atoms with E-state index >= 15 is 0 Å². The molecule has 0 aliphatic heterocycles. The smallest absolute Gasteiger partial charge is 0.161 e. The minimum absolute atomic E-state index is 0.204. The van der Waals surface area contributed by atoms with Gasteiger partial charge in [0.2, 0.25) is 0 Å². The molecule has 3 fully saturated rings. The van der Waals surface area contributed by atoms with E-state index in [2.05, 4.69) is 30.9 Å². The fourth-order valence-electron chi connectivity index (χ4n) is 6.19. The third-order valence-corrected chi connectivity index (χ3v) is 7.45. The lowest BCUT2D eigenvalue weighted by atomic mass is 9.49. The summed E-state index contributed by atoms with van der Waals surface area (Å²) in [6, 6.07) is 0. The summed E-state index contributed by atoms with van der Waals surface area (Å²) in [5.74, 6) is 2.88. The standard InChI is InChI=1S/C20H32N2O2/c1-4-14-10-17-15-6-5-9-20(3,11-21-12-22-24)18(15)8-7-16(17)19(23)13(14)2/h14-18,21H,2,4-12H2,1,3H3/t14-,15?,16?,17?,18?,20-/m0/s1. The molecule has 3 saturated carbocycles. The van der Waals surface area contributed by atoms with E-state index in [1.54, 1.807) is 0 Å². The van der Waals surface area contributed by atoms with E-state index in [1.165, 1.54) is 19.3 Å². The number of nitrogens with zero attached hydrogens (tertiary/aromatic N) is 1. The zero-order valence-corrected chi connectivity index (χ0v) is 15.2. The summed E-state index contributed by atoms with van der Waals surface area (Å²) in [6.07, 6.45) is 8.10. The van der Waals surface area contributed by atoms with Crippen LogP contribution < -0.4 is 5.32 Å². The second-order valence-corrected chi connectivity index (χ2v) is 8.61. The highest BCUT2D eigenvalue weighted by atomic mass is 16.3. The summed E-state index contributed by atoms with van der Waals surface area (Å²) >= 11 is 0. The quantitative estimate of drug-likeness (QED) is 0.464. The van der Waals surface area contributed by atoms with Gasteiger partial charge in [-0.15, -0.1) is 4.91 Å². The lowest BCUT2D eigenvalue weighted by molar-refractivity contribution is -0.131. The molecule has 4 heteroatoms. The van der Waals surface area contributed by atoms with Crippen LogP contribution in [-0.2, 0) is 4.79 Å². The van der Waals surface area contributed by atoms with Crippen molar-refractivity contribution in [2.45, 2.75) is 58.8 Å². The first-order chi connectivity index (χ1) is 11.5. The van der Waals surface area contributed by atoms with E-state index in [9.17, 15) is 9.70 Å². The van der Waals surface area contributed by atoms with Crippen LogP contribution in [0.25, 0.3) is 0 Å². The van der Waals surface area contributed by atoms with Crippen LogP contribution in [0.2, 0.25) is 0 Å². The Hall–Kier alpha value is -1.03. The Kier molecular flexibility index (Phi) is 5.24. The number of Topliss-reactive ketones (excluding diaryl/α,β-unsaturated/α-hetero) is 1. The summed E-state index contributed by atoms with van der Waals surface area (Å²) in [6.45, 7) is 9.76. The van der Waals surface area contributed by atoms with Gasteiger partial charge in [-0.1, -0.05) is 32.0 Å².